The monoisotopic (exact) mass is 296 g/mol. The molecule has 1 fully saturated rings. The molecule has 1 aromatic rings. The summed E-state index contributed by atoms with van der Waals surface area (Å²) < 4.78 is 0. The molecule has 0 aliphatic carbocycles. The molecule has 0 bridgehead atoms. The number of hydrogen-bond acceptors (Lipinski definition) is 2. The van der Waals surface area contributed by atoms with Crippen LogP contribution in [-0.2, 0) is 9.59 Å². The zero-order chi connectivity index (χ0) is 14.7. The minimum Gasteiger partial charge on any atom is -0.339 e. The van der Waals surface area contributed by atoms with Crippen LogP contribution in [0.4, 0.5) is 5.69 Å². The first kappa shape index (κ1) is 14.8. The van der Waals surface area contributed by atoms with Gasteiger partial charge in [-0.05, 0) is 31.5 Å². The van der Waals surface area contributed by atoms with Crippen molar-refractivity contribution in [2.75, 3.05) is 31.2 Å². The van der Waals surface area contributed by atoms with Gasteiger partial charge in [0.25, 0.3) is 5.91 Å². The van der Waals surface area contributed by atoms with Gasteiger partial charge in [-0.25, -0.2) is 0 Å². The summed E-state index contributed by atoms with van der Waals surface area (Å²) in [5.74, 6) is -0.0809. The zero-order valence-electron chi connectivity index (χ0n) is 11.7. The first-order chi connectivity index (χ1) is 9.54. The van der Waals surface area contributed by atoms with Gasteiger partial charge in [-0.15, -0.1) is 0 Å². The van der Waals surface area contributed by atoms with Crippen LogP contribution in [0.15, 0.2) is 18.2 Å². The van der Waals surface area contributed by atoms with Crippen LogP contribution in [0, 0.1) is 6.92 Å². The number of nitrogens with zero attached hydrogens (tertiary/aromatic N) is 2. The number of halogens is 1. The summed E-state index contributed by atoms with van der Waals surface area (Å²) in [5.41, 5.74) is 1.63. The van der Waals surface area contributed by atoms with E-state index < -0.39 is 0 Å². The Labute approximate surface area is 123 Å². The third-order valence-electron chi connectivity index (χ3n) is 3.43. The van der Waals surface area contributed by atoms with Crippen LogP contribution in [-0.4, -0.2) is 43.0 Å². The number of amides is 2. The summed E-state index contributed by atoms with van der Waals surface area (Å²) in [6.45, 7) is 5.54. The zero-order valence-corrected chi connectivity index (χ0v) is 12.5. The van der Waals surface area contributed by atoms with Gasteiger partial charge in [0.2, 0.25) is 5.91 Å². The van der Waals surface area contributed by atoms with Gasteiger partial charge >= 0.3 is 0 Å². The van der Waals surface area contributed by atoms with Crippen molar-refractivity contribution in [3.8, 4) is 0 Å². The smallest absolute Gasteiger partial charge is 0.279 e. The Morgan fingerprint density at radius 3 is 2.90 bits per heavy atom. The average Bonchev–Trinajstić information content (AvgIpc) is 2.81. The molecule has 0 spiro atoms. The van der Waals surface area contributed by atoms with E-state index >= 15 is 0 Å². The number of rotatable bonds is 4. The van der Waals surface area contributed by atoms with Gasteiger partial charge in [-0.3, -0.25) is 14.5 Å². The molecule has 1 aliphatic rings. The van der Waals surface area contributed by atoms with E-state index in [0.717, 1.165) is 17.8 Å². The number of nitrogens with two attached hydrogens (primary N) is 1. The number of quaternary nitrogens is 1. The van der Waals surface area contributed by atoms with E-state index in [0.29, 0.717) is 18.2 Å². The summed E-state index contributed by atoms with van der Waals surface area (Å²) in [5, 5.41) is 2.54. The van der Waals surface area contributed by atoms with Gasteiger partial charge in [0.05, 0.1) is 6.54 Å². The molecule has 5 nitrogen and oxygen atoms in total. The predicted octanol–water partition coefficient (Wildman–Crippen LogP) is 0.364. The van der Waals surface area contributed by atoms with E-state index in [1.807, 2.05) is 31.3 Å². The van der Waals surface area contributed by atoms with E-state index in [1.165, 1.54) is 0 Å². The summed E-state index contributed by atoms with van der Waals surface area (Å²) in [6.07, 6.45) is 0. The quantitative estimate of drug-likeness (QED) is 0.872. The van der Waals surface area contributed by atoms with Crippen molar-refractivity contribution in [3.63, 3.8) is 0 Å². The SMILES string of the molecule is CC[NH2+]CC(=O)N1CC(=O)N(c2cccc(Cl)c2C)C1. The van der Waals surface area contributed by atoms with Crippen molar-refractivity contribution in [1.82, 2.24) is 4.90 Å². The lowest BCUT2D eigenvalue weighted by Crippen LogP contribution is -2.86. The van der Waals surface area contributed by atoms with E-state index in [9.17, 15) is 9.59 Å². The molecule has 20 heavy (non-hydrogen) atoms. The maximum absolute atomic E-state index is 12.1. The number of benzene rings is 1. The van der Waals surface area contributed by atoms with E-state index in [2.05, 4.69) is 0 Å². The molecule has 6 heteroatoms. The van der Waals surface area contributed by atoms with Gasteiger partial charge in [0, 0.05) is 10.7 Å². The third-order valence-corrected chi connectivity index (χ3v) is 3.84. The second kappa shape index (κ2) is 6.24. The molecule has 108 valence electrons. The van der Waals surface area contributed by atoms with Crippen LogP contribution < -0.4 is 10.2 Å². The predicted molar refractivity (Wildman–Crippen MR) is 77.6 cm³/mol. The van der Waals surface area contributed by atoms with E-state index in [-0.39, 0.29) is 18.4 Å². The Hall–Kier alpha value is -1.59. The van der Waals surface area contributed by atoms with Crippen molar-refractivity contribution in [2.24, 2.45) is 0 Å². The number of carbonyl (C=O) groups is 2. The Kier molecular flexibility index (Phi) is 4.62. The van der Waals surface area contributed by atoms with Crippen molar-refractivity contribution < 1.29 is 14.9 Å². The fourth-order valence-electron chi connectivity index (χ4n) is 2.21. The van der Waals surface area contributed by atoms with Gasteiger partial charge in [0.15, 0.2) is 6.54 Å². The van der Waals surface area contributed by atoms with Crippen LogP contribution in [0.5, 0.6) is 0 Å². The lowest BCUT2D eigenvalue weighted by molar-refractivity contribution is -0.641. The minimum absolute atomic E-state index is 0.0117. The Morgan fingerprint density at radius 2 is 2.20 bits per heavy atom. The molecule has 1 aromatic carbocycles. The number of hydrogen-bond donors (Lipinski definition) is 1. The third kappa shape index (κ3) is 2.94. The molecular formula is C14H19ClN3O2+. The second-order valence-corrected chi connectivity index (χ2v) is 5.25. The topological polar surface area (TPSA) is 57.2 Å². The maximum atomic E-state index is 12.1. The average molecular weight is 297 g/mol. The maximum Gasteiger partial charge on any atom is 0.279 e. The first-order valence-corrected chi connectivity index (χ1v) is 7.07. The molecule has 2 amide bonds. The Bertz CT molecular complexity index is 533. The lowest BCUT2D eigenvalue weighted by atomic mass is 10.2. The molecule has 0 radical (unpaired) electrons. The first-order valence-electron chi connectivity index (χ1n) is 6.69. The van der Waals surface area contributed by atoms with Crippen LogP contribution in [0.25, 0.3) is 0 Å². The van der Waals surface area contributed by atoms with Gasteiger partial charge < -0.3 is 10.2 Å². The van der Waals surface area contributed by atoms with Crippen LogP contribution in [0.1, 0.15) is 12.5 Å². The molecule has 1 saturated heterocycles. The molecule has 2 rings (SSSR count). The summed E-state index contributed by atoms with van der Waals surface area (Å²) in [7, 11) is 0. The highest BCUT2D eigenvalue weighted by atomic mass is 35.5. The van der Waals surface area contributed by atoms with Crippen LogP contribution in [0.2, 0.25) is 5.02 Å². The molecule has 0 saturated carbocycles. The molecule has 0 unspecified atom stereocenters. The van der Waals surface area contributed by atoms with Crippen molar-refractivity contribution in [2.45, 2.75) is 13.8 Å². The minimum atomic E-state index is -0.0692. The van der Waals surface area contributed by atoms with Crippen molar-refractivity contribution in [1.29, 1.82) is 0 Å². The molecule has 1 aliphatic heterocycles. The lowest BCUT2D eigenvalue weighted by Gasteiger charge is -2.20. The van der Waals surface area contributed by atoms with Gasteiger partial charge in [-0.2, -0.15) is 0 Å². The largest absolute Gasteiger partial charge is 0.339 e. The molecular weight excluding hydrogens is 278 g/mol. The molecule has 0 aromatic heterocycles. The van der Waals surface area contributed by atoms with Crippen molar-refractivity contribution in [3.05, 3.63) is 28.8 Å². The normalized spacial score (nSPS) is 15.1. The van der Waals surface area contributed by atoms with Gasteiger partial charge in [0.1, 0.15) is 13.2 Å². The highest BCUT2D eigenvalue weighted by Crippen LogP contribution is 2.28. The van der Waals surface area contributed by atoms with E-state index in [1.54, 1.807) is 15.9 Å². The molecule has 0 atom stereocenters. The highest BCUT2D eigenvalue weighted by molar-refractivity contribution is 6.31. The summed E-state index contributed by atoms with van der Waals surface area (Å²) >= 11 is 6.08. The summed E-state index contributed by atoms with van der Waals surface area (Å²) in [6, 6.07) is 5.46. The molecule has 2 N–H and O–H groups in total. The Morgan fingerprint density at radius 1 is 1.45 bits per heavy atom. The number of anilines is 1. The summed E-state index contributed by atoms with van der Waals surface area (Å²) in [4.78, 5) is 27.3. The fraction of sp³-hybridized carbons (Fsp3) is 0.429. The van der Waals surface area contributed by atoms with Crippen LogP contribution >= 0.6 is 11.6 Å². The molecule has 1 heterocycles. The standard InChI is InChI=1S/C14H18ClN3O2/c1-3-16-7-13(19)17-8-14(20)18(9-17)12-6-4-5-11(15)10(12)2/h4-6,16H,3,7-9H2,1-2H3/p+1. The fourth-order valence-corrected chi connectivity index (χ4v) is 2.38. The van der Waals surface area contributed by atoms with E-state index in [4.69, 9.17) is 11.6 Å². The number of carbonyl (C=O) groups excluding carboxylic acids is 2. The highest BCUT2D eigenvalue weighted by Gasteiger charge is 2.32. The van der Waals surface area contributed by atoms with Gasteiger partial charge in [-0.1, -0.05) is 17.7 Å². The van der Waals surface area contributed by atoms with Crippen LogP contribution in [0.3, 0.4) is 0 Å². The van der Waals surface area contributed by atoms with Crippen molar-refractivity contribution >= 4 is 29.1 Å². The second-order valence-electron chi connectivity index (χ2n) is 4.84. The Balaban J connectivity index is 2.13. The number of likely N-dealkylation sites (N-methyl/N-ethyl adjacent to an activating group) is 1.